The summed E-state index contributed by atoms with van der Waals surface area (Å²) in [5, 5.41) is 6.72. The zero-order valence-electron chi connectivity index (χ0n) is 17.0. The SMILES string of the molecule is CCOC(=O)[C@H]1CCCN(C(=O)c2cn(Cc3ccccc3)nc2-c2cccs2)C1. The number of hydrogen-bond acceptors (Lipinski definition) is 5. The van der Waals surface area contributed by atoms with E-state index in [9.17, 15) is 9.59 Å². The molecule has 1 saturated heterocycles. The first-order valence-electron chi connectivity index (χ1n) is 10.3. The molecule has 156 valence electrons. The topological polar surface area (TPSA) is 64.4 Å². The molecule has 0 N–H and O–H groups in total. The number of thiophene rings is 1. The van der Waals surface area contributed by atoms with Crippen LogP contribution in [0.2, 0.25) is 0 Å². The van der Waals surface area contributed by atoms with Gasteiger partial charge in [0.2, 0.25) is 0 Å². The average Bonchev–Trinajstić information content (AvgIpc) is 3.44. The maximum atomic E-state index is 13.4. The van der Waals surface area contributed by atoms with Crippen molar-refractivity contribution in [1.82, 2.24) is 14.7 Å². The molecule has 1 aromatic carbocycles. The Balaban J connectivity index is 1.60. The largest absolute Gasteiger partial charge is 0.466 e. The van der Waals surface area contributed by atoms with Crippen molar-refractivity contribution in [3.05, 3.63) is 65.2 Å². The minimum absolute atomic E-state index is 0.0771. The fourth-order valence-corrected chi connectivity index (χ4v) is 4.53. The summed E-state index contributed by atoms with van der Waals surface area (Å²) >= 11 is 1.57. The van der Waals surface area contributed by atoms with E-state index in [4.69, 9.17) is 9.84 Å². The highest BCUT2D eigenvalue weighted by molar-refractivity contribution is 7.13. The number of ether oxygens (including phenoxy) is 1. The third-order valence-corrected chi connectivity index (χ3v) is 6.14. The van der Waals surface area contributed by atoms with Crippen LogP contribution < -0.4 is 0 Å². The van der Waals surface area contributed by atoms with Gasteiger partial charge in [-0.3, -0.25) is 14.3 Å². The lowest BCUT2D eigenvalue weighted by Gasteiger charge is -2.31. The standard InChI is InChI=1S/C23H25N3O3S/c1-2-29-23(28)18-10-6-12-25(15-18)22(27)19-16-26(14-17-8-4-3-5-9-17)24-21(19)20-11-7-13-30-20/h3-5,7-9,11,13,16,18H,2,6,10,12,14-15H2,1H3/t18-/m0/s1. The lowest BCUT2D eigenvalue weighted by atomic mass is 9.97. The Labute approximate surface area is 180 Å². The molecule has 30 heavy (non-hydrogen) atoms. The number of likely N-dealkylation sites (tertiary alicyclic amines) is 1. The summed E-state index contributed by atoms with van der Waals surface area (Å²) < 4.78 is 7.00. The van der Waals surface area contributed by atoms with Crippen LogP contribution in [0.4, 0.5) is 0 Å². The van der Waals surface area contributed by atoms with E-state index in [-0.39, 0.29) is 17.8 Å². The van der Waals surface area contributed by atoms with Crippen LogP contribution in [0, 0.1) is 5.92 Å². The molecule has 1 fully saturated rings. The van der Waals surface area contributed by atoms with Crippen LogP contribution in [0.1, 0.15) is 35.7 Å². The molecule has 3 heterocycles. The van der Waals surface area contributed by atoms with Crippen LogP contribution in [0.3, 0.4) is 0 Å². The van der Waals surface area contributed by atoms with E-state index < -0.39 is 0 Å². The summed E-state index contributed by atoms with van der Waals surface area (Å²) in [7, 11) is 0. The summed E-state index contributed by atoms with van der Waals surface area (Å²) in [5.41, 5.74) is 2.40. The summed E-state index contributed by atoms with van der Waals surface area (Å²) in [6.07, 6.45) is 3.38. The Bertz CT molecular complexity index is 998. The highest BCUT2D eigenvalue weighted by Gasteiger charge is 2.31. The fraction of sp³-hybridized carbons (Fsp3) is 0.348. The molecular formula is C23H25N3O3S. The summed E-state index contributed by atoms with van der Waals surface area (Å²) in [6.45, 7) is 3.79. The molecule has 0 bridgehead atoms. The predicted octanol–water partition coefficient (Wildman–Crippen LogP) is 4.08. The van der Waals surface area contributed by atoms with Gasteiger partial charge in [0, 0.05) is 19.3 Å². The smallest absolute Gasteiger partial charge is 0.310 e. The number of piperidine rings is 1. The minimum Gasteiger partial charge on any atom is -0.466 e. The number of esters is 1. The Kier molecular flexibility index (Phi) is 6.28. The van der Waals surface area contributed by atoms with Crippen LogP contribution in [0.25, 0.3) is 10.6 Å². The molecule has 1 amide bonds. The first-order chi connectivity index (χ1) is 14.7. The van der Waals surface area contributed by atoms with E-state index in [2.05, 4.69) is 0 Å². The Hall–Kier alpha value is -2.93. The van der Waals surface area contributed by atoms with Crippen LogP contribution in [-0.4, -0.2) is 46.3 Å². The lowest BCUT2D eigenvalue weighted by molar-refractivity contribution is -0.149. The zero-order chi connectivity index (χ0) is 20.9. The van der Waals surface area contributed by atoms with Gasteiger partial charge in [0.15, 0.2) is 0 Å². The molecule has 6 nitrogen and oxygen atoms in total. The van der Waals surface area contributed by atoms with Crippen molar-refractivity contribution in [2.24, 2.45) is 5.92 Å². The Morgan fingerprint density at radius 3 is 2.77 bits per heavy atom. The van der Waals surface area contributed by atoms with E-state index >= 15 is 0 Å². The van der Waals surface area contributed by atoms with Gasteiger partial charge in [-0.05, 0) is 36.8 Å². The molecule has 0 radical (unpaired) electrons. The molecule has 0 unspecified atom stereocenters. The van der Waals surface area contributed by atoms with E-state index in [1.165, 1.54) is 0 Å². The third-order valence-electron chi connectivity index (χ3n) is 5.26. The van der Waals surface area contributed by atoms with Gasteiger partial charge >= 0.3 is 5.97 Å². The number of aromatic nitrogens is 2. The summed E-state index contributed by atoms with van der Waals surface area (Å²) in [5.74, 6) is -0.549. The second kappa shape index (κ2) is 9.26. The fourth-order valence-electron chi connectivity index (χ4n) is 3.81. The molecule has 4 rings (SSSR count). The number of hydrogen-bond donors (Lipinski definition) is 0. The van der Waals surface area contributed by atoms with Crippen LogP contribution in [0.15, 0.2) is 54.0 Å². The van der Waals surface area contributed by atoms with Crippen molar-refractivity contribution in [2.45, 2.75) is 26.3 Å². The van der Waals surface area contributed by atoms with Crippen LogP contribution in [0.5, 0.6) is 0 Å². The maximum Gasteiger partial charge on any atom is 0.310 e. The number of carbonyl (C=O) groups is 2. The normalized spacial score (nSPS) is 16.4. The number of rotatable bonds is 6. The van der Waals surface area contributed by atoms with Gasteiger partial charge in [-0.2, -0.15) is 5.10 Å². The Morgan fingerprint density at radius 1 is 1.20 bits per heavy atom. The van der Waals surface area contributed by atoms with Gasteiger partial charge in [-0.15, -0.1) is 11.3 Å². The monoisotopic (exact) mass is 423 g/mol. The molecule has 0 saturated carbocycles. The highest BCUT2D eigenvalue weighted by atomic mass is 32.1. The van der Waals surface area contributed by atoms with E-state index in [1.807, 2.05) is 58.7 Å². The first kappa shape index (κ1) is 20.3. The van der Waals surface area contributed by atoms with Crippen molar-refractivity contribution in [2.75, 3.05) is 19.7 Å². The minimum atomic E-state index is -0.257. The van der Waals surface area contributed by atoms with Gasteiger partial charge in [0.05, 0.1) is 29.5 Å². The maximum absolute atomic E-state index is 13.4. The molecule has 0 aliphatic carbocycles. The van der Waals surface area contributed by atoms with Crippen LogP contribution >= 0.6 is 11.3 Å². The average molecular weight is 424 g/mol. The summed E-state index contributed by atoms with van der Waals surface area (Å²) in [6, 6.07) is 14.0. The van der Waals surface area contributed by atoms with E-state index in [0.29, 0.717) is 37.5 Å². The van der Waals surface area contributed by atoms with Crippen molar-refractivity contribution in [3.8, 4) is 10.6 Å². The van der Waals surface area contributed by atoms with Crippen molar-refractivity contribution in [1.29, 1.82) is 0 Å². The van der Waals surface area contributed by atoms with Gasteiger partial charge in [-0.25, -0.2) is 0 Å². The number of nitrogens with zero attached hydrogens (tertiary/aromatic N) is 3. The predicted molar refractivity (Wildman–Crippen MR) is 116 cm³/mol. The molecule has 2 aromatic heterocycles. The quantitative estimate of drug-likeness (QED) is 0.561. The highest BCUT2D eigenvalue weighted by Crippen LogP contribution is 2.29. The second-order valence-corrected chi connectivity index (χ2v) is 8.34. The number of carbonyl (C=O) groups excluding carboxylic acids is 2. The molecule has 1 atom stereocenters. The van der Waals surface area contributed by atoms with E-state index in [1.54, 1.807) is 23.2 Å². The molecular weight excluding hydrogens is 398 g/mol. The third kappa shape index (κ3) is 4.46. The summed E-state index contributed by atoms with van der Waals surface area (Å²) in [4.78, 5) is 28.4. The van der Waals surface area contributed by atoms with Gasteiger partial charge in [-0.1, -0.05) is 36.4 Å². The lowest BCUT2D eigenvalue weighted by Crippen LogP contribution is -2.42. The van der Waals surface area contributed by atoms with Crippen molar-refractivity contribution in [3.63, 3.8) is 0 Å². The van der Waals surface area contributed by atoms with E-state index in [0.717, 1.165) is 23.3 Å². The molecule has 1 aliphatic rings. The number of benzene rings is 1. The molecule has 1 aliphatic heterocycles. The van der Waals surface area contributed by atoms with Gasteiger partial charge in [0.1, 0.15) is 5.69 Å². The van der Waals surface area contributed by atoms with Crippen LogP contribution in [-0.2, 0) is 16.1 Å². The van der Waals surface area contributed by atoms with Crippen molar-refractivity contribution >= 4 is 23.2 Å². The number of amides is 1. The Morgan fingerprint density at radius 2 is 2.03 bits per heavy atom. The van der Waals surface area contributed by atoms with Crippen molar-refractivity contribution < 1.29 is 14.3 Å². The van der Waals surface area contributed by atoms with Gasteiger partial charge in [0.25, 0.3) is 5.91 Å². The second-order valence-electron chi connectivity index (χ2n) is 7.39. The van der Waals surface area contributed by atoms with Gasteiger partial charge < -0.3 is 9.64 Å². The zero-order valence-corrected chi connectivity index (χ0v) is 17.8. The molecule has 3 aromatic rings. The molecule has 0 spiro atoms. The first-order valence-corrected chi connectivity index (χ1v) is 11.1. The molecule has 7 heteroatoms.